The van der Waals surface area contributed by atoms with Crippen LogP contribution in [0.15, 0.2) is 23.2 Å². The number of hydrogen-bond acceptors (Lipinski definition) is 5. The van der Waals surface area contributed by atoms with E-state index in [9.17, 15) is 8.42 Å². The van der Waals surface area contributed by atoms with Gasteiger partial charge in [0, 0.05) is 39.4 Å². The number of piperidine rings is 1. The number of pyridine rings is 1. The Hall–Kier alpha value is -1.18. The molecule has 106 valence electrons. The highest BCUT2D eigenvalue weighted by atomic mass is 32.2. The number of anilines is 1. The molecule has 1 atom stereocenters. The van der Waals surface area contributed by atoms with Gasteiger partial charge in [0.2, 0.25) is 10.0 Å². The Kier molecular flexibility index (Phi) is 4.07. The van der Waals surface area contributed by atoms with Crippen molar-refractivity contribution < 1.29 is 8.42 Å². The fraction of sp³-hybridized carbons (Fsp3) is 0.583. The van der Waals surface area contributed by atoms with E-state index >= 15 is 0 Å². The summed E-state index contributed by atoms with van der Waals surface area (Å²) in [5.41, 5.74) is 5.93. The van der Waals surface area contributed by atoms with Crippen molar-refractivity contribution in [2.45, 2.75) is 23.8 Å². The van der Waals surface area contributed by atoms with Crippen molar-refractivity contribution in [3.05, 3.63) is 18.3 Å². The van der Waals surface area contributed by atoms with Crippen molar-refractivity contribution in [3.8, 4) is 0 Å². The van der Waals surface area contributed by atoms with Gasteiger partial charge in [-0.25, -0.2) is 17.7 Å². The van der Waals surface area contributed by atoms with E-state index in [4.69, 9.17) is 5.73 Å². The van der Waals surface area contributed by atoms with E-state index in [1.54, 1.807) is 12.1 Å². The quantitative estimate of drug-likeness (QED) is 0.861. The summed E-state index contributed by atoms with van der Waals surface area (Å²) in [6.07, 6.45) is 3.48. The highest BCUT2D eigenvalue weighted by Gasteiger charge is 2.20. The molecule has 0 bridgehead atoms. The summed E-state index contributed by atoms with van der Waals surface area (Å²) in [6, 6.07) is 3.51. The average molecular weight is 284 g/mol. The lowest BCUT2D eigenvalue weighted by atomic mass is 10.1. The van der Waals surface area contributed by atoms with Gasteiger partial charge in [0.1, 0.15) is 10.7 Å². The molecule has 6 nitrogen and oxygen atoms in total. The van der Waals surface area contributed by atoms with E-state index in [0.717, 1.165) is 31.7 Å². The molecule has 0 saturated carbocycles. The summed E-state index contributed by atoms with van der Waals surface area (Å²) in [6.45, 7) is 1.69. The van der Waals surface area contributed by atoms with Crippen LogP contribution in [0.5, 0.6) is 0 Å². The number of rotatable bonds is 3. The second kappa shape index (κ2) is 5.44. The summed E-state index contributed by atoms with van der Waals surface area (Å²) in [7, 11) is -0.394. The molecule has 0 spiro atoms. The van der Waals surface area contributed by atoms with Gasteiger partial charge < -0.3 is 10.6 Å². The van der Waals surface area contributed by atoms with Gasteiger partial charge in [-0.1, -0.05) is 0 Å². The van der Waals surface area contributed by atoms with Crippen LogP contribution in [-0.2, 0) is 10.0 Å². The topological polar surface area (TPSA) is 79.5 Å². The van der Waals surface area contributed by atoms with Gasteiger partial charge >= 0.3 is 0 Å². The molecule has 0 radical (unpaired) electrons. The summed E-state index contributed by atoms with van der Waals surface area (Å²) in [5.74, 6) is 0.785. The molecule has 2 heterocycles. The Morgan fingerprint density at radius 2 is 2.16 bits per heavy atom. The van der Waals surface area contributed by atoms with E-state index in [0.29, 0.717) is 0 Å². The van der Waals surface area contributed by atoms with E-state index < -0.39 is 10.0 Å². The van der Waals surface area contributed by atoms with Gasteiger partial charge in [0.05, 0.1) is 0 Å². The molecule has 1 aromatic heterocycles. The van der Waals surface area contributed by atoms with Crippen LogP contribution in [0, 0.1) is 0 Å². The predicted octanol–water partition coefficient (Wildman–Crippen LogP) is 0.259. The SMILES string of the molecule is CN(C)S(=O)(=O)c1ccc(N2CCCC(N)C2)nc1. The minimum Gasteiger partial charge on any atom is -0.355 e. The van der Waals surface area contributed by atoms with Crippen LogP contribution in [0.4, 0.5) is 5.82 Å². The first-order valence-electron chi connectivity index (χ1n) is 6.30. The molecule has 1 saturated heterocycles. The van der Waals surface area contributed by atoms with Crippen LogP contribution in [-0.4, -0.2) is 50.9 Å². The molecule has 2 N–H and O–H groups in total. The first-order valence-corrected chi connectivity index (χ1v) is 7.74. The Morgan fingerprint density at radius 3 is 2.68 bits per heavy atom. The van der Waals surface area contributed by atoms with Gasteiger partial charge in [-0.05, 0) is 25.0 Å². The third-order valence-corrected chi connectivity index (χ3v) is 5.08. The largest absolute Gasteiger partial charge is 0.355 e. The van der Waals surface area contributed by atoms with Crippen LogP contribution >= 0.6 is 0 Å². The molecule has 1 unspecified atom stereocenters. The smallest absolute Gasteiger partial charge is 0.244 e. The normalized spacial score (nSPS) is 20.8. The number of nitrogens with two attached hydrogens (primary N) is 1. The molecule has 0 amide bonds. The first-order chi connectivity index (χ1) is 8.91. The number of hydrogen-bond donors (Lipinski definition) is 1. The zero-order chi connectivity index (χ0) is 14.0. The van der Waals surface area contributed by atoms with Crippen molar-refractivity contribution in [1.29, 1.82) is 0 Å². The average Bonchev–Trinajstić information content (AvgIpc) is 2.38. The Labute approximate surface area is 114 Å². The lowest BCUT2D eigenvalue weighted by Gasteiger charge is -2.31. The second-order valence-corrected chi connectivity index (χ2v) is 7.14. The Balaban J connectivity index is 2.19. The zero-order valence-electron chi connectivity index (χ0n) is 11.3. The molecule has 1 aromatic rings. The molecule has 7 heteroatoms. The van der Waals surface area contributed by atoms with Gasteiger partial charge in [0.25, 0.3) is 0 Å². The molecular weight excluding hydrogens is 264 g/mol. The van der Waals surface area contributed by atoms with Crippen molar-refractivity contribution in [2.75, 3.05) is 32.1 Å². The highest BCUT2D eigenvalue weighted by molar-refractivity contribution is 7.89. The number of nitrogens with zero attached hydrogens (tertiary/aromatic N) is 3. The standard InChI is InChI=1S/C12H20N4O2S/c1-15(2)19(17,18)11-5-6-12(14-8-11)16-7-3-4-10(13)9-16/h5-6,8,10H,3-4,7,9,13H2,1-2H3. The van der Waals surface area contributed by atoms with Crippen LogP contribution in [0.2, 0.25) is 0 Å². The van der Waals surface area contributed by atoms with Gasteiger partial charge in [-0.15, -0.1) is 0 Å². The monoisotopic (exact) mass is 284 g/mol. The maximum Gasteiger partial charge on any atom is 0.244 e. The third kappa shape index (κ3) is 3.05. The molecule has 2 rings (SSSR count). The van der Waals surface area contributed by atoms with E-state index in [2.05, 4.69) is 9.88 Å². The number of aromatic nitrogens is 1. The van der Waals surface area contributed by atoms with Crippen LogP contribution in [0.25, 0.3) is 0 Å². The van der Waals surface area contributed by atoms with Gasteiger partial charge in [-0.3, -0.25) is 0 Å². The van der Waals surface area contributed by atoms with Crippen molar-refractivity contribution in [3.63, 3.8) is 0 Å². The van der Waals surface area contributed by atoms with Crippen LogP contribution in [0.3, 0.4) is 0 Å². The molecule has 1 fully saturated rings. The predicted molar refractivity (Wildman–Crippen MR) is 74.5 cm³/mol. The van der Waals surface area contributed by atoms with E-state index in [1.165, 1.54) is 24.6 Å². The fourth-order valence-electron chi connectivity index (χ4n) is 2.14. The van der Waals surface area contributed by atoms with Gasteiger partial charge in [0.15, 0.2) is 0 Å². The van der Waals surface area contributed by atoms with Crippen LogP contribution in [0.1, 0.15) is 12.8 Å². The van der Waals surface area contributed by atoms with E-state index in [1.807, 2.05) is 0 Å². The number of sulfonamides is 1. The third-order valence-electron chi connectivity index (χ3n) is 3.28. The summed E-state index contributed by atoms with van der Waals surface area (Å²) < 4.78 is 25.0. The van der Waals surface area contributed by atoms with Gasteiger partial charge in [-0.2, -0.15) is 0 Å². The minimum absolute atomic E-state index is 0.167. The van der Waals surface area contributed by atoms with Crippen molar-refractivity contribution in [2.24, 2.45) is 5.73 Å². The summed E-state index contributed by atoms with van der Waals surface area (Å²) >= 11 is 0. The minimum atomic E-state index is -3.41. The summed E-state index contributed by atoms with van der Waals surface area (Å²) in [4.78, 5) is 6.56. The summed E-state index contributed by atoms with van der Waals surface area (Å²) in [5, 5.41) is 0. The zero-order valence-corrected chi connectivity index (χ0v) is 12.1. The molecular formula is C12H20N4O2S. The fourth-order valence-corrected chi connectivity index (χ4v) is 2.99. The van der Waals surface area contributed by atoms with Crippen LogP contribution < -0.4 is 10.6 Å². The first kappa shape index (κ1) is 14.2. The van der Waals surface area contributed by atoms with Crippen molar-refractivity contribution in [1.82, 2.24) is 9.29 Å². The van der Waals surface area contributed by atoms with E-state index in [-0.39, 0.29) is 10.9 Å². The maximum atomic E-state index is 11.9. The van der Waals surface area contributed by atoms with Crippen molar-refractivity contribution >= 4 is 15.8 Å². The second-order valence-electron chi connectivity index (χ2n) is 4.99. The molecule has 0 aromatic carbocycles. The Morgan fingerprint density at radius 1 is 1.42 bits per heavy atom. The molecule has 19 heavy (non-hydrogen) atoms. The molecule has 1 aliphatic heterocycles. The highest BCUT2D eigenvalue weighted by Crippen LogP contribution is 2.19. The lowest BCUT2D eigenvalue weighted by Crippen LogP contribution is -2.43. The molecule has 0 aliphatic carbocycles. The lowest BCUT2D eigenvalue weighted by molar-refractivity contribution is 0.502. The molecule has 1 aliphatic rings. The maximum absolute atomic E-state index is 11.9. The Bertz CT molecular complexity index is 527.